The Morgan fingerprint density at radius 1 is 0.429 bits per heavy atom. The van der Waals surface area contributed by atoms with E-state index in [0.29, 0.717) is 23.0 Å². The maximum absolute atomic E-state index is 9.31. The van der Waals surface area contributed by atoms with E-state index in [9.17, 15) is 5.26 Å². The van der Waals surface area contributed by atoms with Crippen LogP contribution in [0.2, 0.25) is 0 Å². The second-order valence-electron chi connectivity index (χ2n) is 13.1. The SMILES string of the molecule is N#Cc1ccc(-c2ccc3c(c2)C2(CCCC2)c2cc(-c4ccccc4-c4nc(-c5ccccc5)nc(-c5ccccc5)n4)ccc2-3)cc1. The lowest BCUT2D eigenvalue weighted by atomic mass is 9.75. The van der Waals surface area contributed by atoms with Gasteiger partial charge in [-0.3, -0.25) is 0 Å². The largest absolute Gasteiger partial charge is 0.208 e. The molecule has 0 radical (unpaired) electrons. The van der Waals surface area contributed by atoms with E-state index in [-0.39, 0.29) is 5.41 Å². The van der Waals surface area contributed by atoms with E-state index in [4.69, 9.17) is 15.0 Å². The van der Waals surface area contributed by atoms with Gasteiger partial charge >= 0.3 is 0 Å². The van der Waals surface area contributed by atoms with E-state index in [1.54, 1.807) is 0 Å². The van der Waals surface area contributed by atoms with Gasteiger partial charge in [-0.1, -0.05) is 134 Å². The first kappa shape index (κ1) is 29.0. The van der Waals surface area contributed by atoms with E-state index in [1.165, 1.54) is 46.2 Å². The fourth-order valence-electron chi connectivity index (χ4n) is 7.96. The molecule has 4 nitrogen and oxygen atoms in total. The molecule has 0 saturated heterocycles. The molecular formula is C45H32N4. The van der Waals surface area contributed by atoms with Crippen molar-refractivity contribution in [3.63, 3.8) is 0 Å². The van der Waals surface area contributed by atoms with E-state index in [2.05, 4.69) is 78.9 Å². The highest BCUT2D eigenvalue weighted by Crippen LogP contribution is 2.58. The number of aromatic nitrogens is 3. The van der Waals surface area contributed by atoms with Crippen LogP contribution in [0.3, 0.4) is 0 Å². The van der Waals surface area contributed by atoms with Crippen LogP contribution in [0.5, 0.6) is 0 Å². The maximum atomic E-state index is 9.31. The number of rotatable bonds is 5. The van der Waals surface area contributed by atoms with Crippen molar-refractivity contribution in [2.75, 3.05) is 0 Å². The molecule has 0 amide bonds. The summed E-state index contributed by atoms with van der Waals surface area (Å²) in [6.07, 6.45) is 4.72. The van der Waals surface area contributed by atoms with Gasteiger partial charge in [-0.25, -0.2) is 15.0 Å². The summed E-state index contributed by atoms with van der Waals surface area (Å²) in [4.78, 5) is 15.1. The summed E-state index contributed by atoms with van der Waals surface area (Å²) >= 11 is 0. The number of hydrogen-bond acceptors (Lipinski definition) is 4. The van der Waals surface area contributed by atoms with Crippen molar-refractivity contribution in [2.45, 2.75) is 31.1 Å². The number of nitrogens with zero attached hydrogens (tertiary/aromatic N) is 4. The first-order valence-electron chi connectivity index (χ1n) is 17.0. The second-order valence-corrected chi connectivity index (χ2v) is 13.1. The van der Waals surface area contributed by atoms with Gasteiger partial charge in [0, 0.05) is 22.1 Å². The smallest absolute Gasteiger partial charge is 0.164 e. The van der Waals surface area contributed by atoms with Crippen molar-refractivity contribution in [3.8, 4) is 73.6 Å². The summed E-state index contributed by atoms with van der Waals surface area (Å²) in [5.41, 5.74) is 13.7. The Kier molecular flexibility index (Phi) is 6.99. The van der Waals surface area contributed by atoms with Gasteiger partial charge in [0.2, 0.25) is 0 Å². The van der Waals surface area contributed by atoms with E-state index >= 15 is 0 Å². The fourth-order valence-corrected chi connectivity index (χ4v) is 7.96. The van der Waals surface area contributed by atoms with E-state index < -0.39 is 0 Å². The molecule has 0 N–H and O–H groups in total. The molecule has 0 unspecified atom stereocenters. The van der Waals surface area contributed by atoms with Crippen molar-refractivity contribution >= 4 is 0 Å². The lowest BCUT2D eigenvalue weighted by molar-refractivity contribution is 0.550. The van der Waals surface area contributed by atoms with Crippen molar-refractivity contribution in [3.05, 3.63) is 162 Å². The first-order chi connectivity index (χ1) is 24.2. The number of nitriles is 1. The molecule has 232 valence electrons. The molecular weight excluding hydrogens is 597 g/mol. The molecule has 1 aromatic heterocycles. The van der Waals surface area contributed by atoms with Crippen LogP contribution in [-0.2, 0) is 5.41 Å². The summed E-state index contributed by atoms with van der Waals surface area (Å²) < 4.78 is 0. The van der Waals surface area contributed by atoms with Gasteiger partial charge in [0.1, 0.15) is 0 Å². The Labute approximate surface area is 286 Å². The van der Waals surface area contributed by atoms with Crippen LogP contribution < -0.4 is 0 Å². The standard InChI is InChI=1S/C45H32N4/c46-29-30-17-19-31(20-18-30)34-21-23-37-38-24-22-35(28-41(38)45(40(37)27-34)25-9-10-26-45)36-15-7-8-16-39(36)44-48-42(32-11-3-1-4-12-32)47-43(49-44)33-13-5-2-6-14-33/h1-8,11-24,27-28H,9-10,25-26H2. The normalized spacial score (nSPS) is 13.9. The molecule has 0 aliphatic heterocycles. The van der Waals surface area contributed by atoms with Crippen molar-refractivity contribution in [2.24, 2.45) is 0 Å². The van der Waals surface area contributed by atoms with Crippen LogP contribution in [-0.4, -0.2) is 15.0 Å². The van der Waals surface area contributed by atoms with Crippen LogP contribution in [0.4, 0.5) is 0 Å². The molecule has 4 heteroatoms. The third-order valence-electron chi connectivity index (χ3n) is 10.3. The zero-order chi connectivity index (χ0) is 32.8. The summed E-state index contributed by atoms with van der Waals surface area (Å²) in [6.45, 7) is 0. The Balaban J connectivity index is 1.17. The van der Waals surface area contributed by atoms with Gasteiger partial charge in [0.05, 0.1) is 11.6 Å². The molecule has 1 saturated carbocycles. The maximum Gasteiger partial charge on any atom is 0.164 e. The third-order valence-corrected chi connectivity index (χ3v) is 10.3. The van der Waals surface area contributed by atoms with Gasteiger partial charge in [-0.15, -0.1) is 0 Å². The van der Waals surface area contributed by atoms with Gasteiger partial charge in [0.25, 0.3) is 0 Å². The lowest BCUT2D eigenvalue weighted by Gasteiger charge is -2.27. The molecule has 0 bridgehead atoms. The third kappa shape index (κ3) is 4.94. The van der Waals surface area contributed by atoms with Gasteiger partial charge in [-0.2, -0.15) is 5.26 Å². The Bertz CT molecular complexity index is 2330. The number of hydrogen-bond donors (Lipinski definition) is 0. The summed E-state index contributed by atoms with van der Waals surface area (Å²) in [5, 5.41) is 9.31. The predicted molar refractivity (Wildman–Crippen MR) is 196 cm³/mol. The van der Waals surface area contributed by atoms with Crippen molar-refractivity contribution < 1.29 is 0 Å². The molecule has 49 heavy (non-hydrogen) atoms. The van der Waals surface area contributed by atoms with Crippen LogP contribution in [0.1, 0.15) is 42.4 Å². The predicted octanol–water partition coefficient (Wildman–Crippen LogP) is 10.9. The molecule has 9 rings (SSSR count). The minimum Gasteiger partial charge on any atom is -0.208 e. The molecule has 6 aromatic carbocycles. The highest BCUT2D eigenvalue weighted by Gasteiger charge is 2.45. The van der Waals surface area contributed by atoms with Crippen LogP contribution >= 0.6 is 0 Å². The van der Waals surface area contributed by atoms with Crippen LogP contribution in [0.25, 0.3) is 67.5 Å². The Morgan fingerprint density at radius 2 is 0.918 bits per heavy atom. The van der Waals surface area contributed by atoms with E-state index in [1.807, 2.05) is 72.8 Å². The average molecular weight is 629 g/mol. The average Bonchev–Trinajstić information content (AvgIpc) is 3.79. The van der Waals surface area contributed by atoms with Crippen LogP contribution in [0.15, 0.2) is 146 Å². The van der Waals surface area contributed by atoms with Crippen molar-refractivity contribution in [1.29, 1.82) is 5.26 Å². The molecule has 1 spiro atoms. The summed E-state index contributed by atoms with van der Waals surface area (Å²) in [7, 11) is 0. The highest BCUT2D eigenvalue weighted by molar-refractivity contribution is 5.89. The lowest BCUT2D eigenvalue weighted by Crippen LogP contribution is -2.20. The molecule has 2 aliphatic carbocycles. The highest BCUT2D eigenvalue weighted by atomic mass is 15.0. The number of benzene rings is 6. The quantitative estimate of drug-likeness (QED) is 0.190. The minimum atomic E-state index is -0.00759. The second kappa shape index (κ2) is 11.8. The zero-order valence-electron chi connectivity index (χ0n) is 27.0. The molecule has 2 aliphatic rings. The van der Waals surface area contributed by atoms with Crippen molar-refractivity contribution in [1.82, 2.24) is 15.0 Å². The molecule has 1 fully saturated rings. The summed E-state index contributed by atoms with van der Waals surface area (Å²) in [6, 6.07) is 52.9. The topological polar surface area (TPSA) is 62.5 Å². The molecule has 7 aromatic rings. The fraction of sp³-hybridized carbons (Fsp3) is 0.111. The van der Waals surface area contributed by atoms with Crippen LogP contribution in [0, 0.1) is 11.3 Å². The van der Waals surface area contributed by atoms with Gasteiger partial charge < -0.3 is 0 Å². The van der Waals surface area contributed by atoms with E-state index in [0.717, 1.165) is 40.7 Å². The van der Waals surface area contributed by atoms with Gasteiger partial charge in [0.15, 0.2) is 17.5 Å². The number of fused-ring (bicyclic) bond motifs is 5. The van der Waals surface area contributed by atoms with Gasteiger partial charge in [-0.05, 0) is 81.6 Å². The molecule has 0 atom stereocenters. The Morgan fingerprint density at radius 3 is 1.51 bits per heavy atom. The first-order valence-corrected chi connectivity index (χ1v) is 17.0. The molecule has 1 heterocycles. The minimum absolute atomic E-state index is 0.00759. The monoisotopic (exact) mass is 628 g/mol. The summed E-state index contributed by atoms with van der Waals surface area (Å²) in [5.74, 6) is 1.98. The zero-order valence-corrected chi connectivity index (χ0v) is 27.0. The Hall–Kier alpha value is -6.18.